The molecule has 37 heavy (non-hydrogen) atoms. The molecule has 2 aliphatic rings. The Morgan fingerprint density at radius 3 is 2.57 bits per heavy atom. The number of hydrogen-bond donors (Lipinski definition) is 2. The van der Waals surface area contributed by atoms with Crippen molar-refractivity contribution >= 4 is 27.5 Å². The van der Waals surface area contributed by atoms with Crippen molar-refractivity contribution in [2.45, 2.75) is 24.9 Å². The van der Waals surface area contributed by atoms with Gasteiger partial charge in [0, 0.05) is 49.3 Å². The first-order chi connectivity index (χ1) is 18.1. The van der Waals surface area contributed by atoms with Crippen LogP contribution in [-0.4, -0.2) is 50.2 Å². The Labute approximate surface area is 211 Å². The van der Waals surface area contributed by atoms with Gasteiger partial charge in [-0.2, -0.15) is 9.97 Å². The predicted octanol–water partition coefficient (Wildman–Crippen LogP) is 4.82. The number of aromatic hydroxyl groups is 1. The van der Waals surface area contributed by atoms with Crippen LogP contribution < -0.4 is 15.0 Å². The first-order valence-corrected chi connectivity index (χ1v) is 12.3. The van der Waals surface area contributed by atoms with Gasteiger partial charge in [-0.15, -0.1) is 0 Å². The molecule has 2 unspecified atom stereocenters. The van der Waals surface area contributed by atoms with E-state index in [1.54, 1.807) is 36.8 Å². The number of piperazine rings is 1. The number of nitrogens with one attached hydrogen (secondary N) is 1. The molecular weight excluding hydrogens is 471 g/mol. The molecule has 2 aromatic carbocycles. The van der Waals surface area contributed by atoms with Gasteiger partial charge in [0.05, 0.1) is 5.39 Å². The Balaban J connectivity index is 1.42. The molecule has 5 aromatic rings. The fraction of sp³-hybridized carbons (Fsp3) is 0.214. The van der Waals surface area contributed by atoms with Crippen LogP contribution in [0.5, 0.6) is 17.5 Å². The largest absolute Gasteiger partial charge is 0.508 e. The number of fused-ring (bicyclic) bond motifs is 4. The van der Waals surface area contributed by atoms with Crippen LogP contribution in [0.25, 0.3) is 32.9 Å². The summed E-state index contributed by atoms with van der Waals surface area (Å²) in [7, 11) is 0. The molecule has 0 aliphatic carbocycles. The van der Waals surface area contributed by atoms with Gasteiger partial charge in [-0.1, -0.05) is 24.3 Å². The molecule has 8 nitrogen and oxygen atoms in total. The number of nitrogens with zero attached hydrogens (tertiary/aromatic N) is 5. The van der Waals surface area contributed by atoms with Gasteiger partial charge < -0.3 is 20.1 Å². The number of anilines is 1. The summed E-state index contributed by atoms with van der Waals surface area (Å²) in [4.78, 5) is 19.9. The summed E-state index contributed by atoms with van der Waals surface area (Å²) < 4.78 is 22.3. The number of benzene rings is 2. The maximum absolute atomic E-state index is 16.3. The molecule has 184 valence electrons. The van der Waals surface area contributed by atoms with Crippen molar-refractivity contribution in [3.05, 3.63) is 72.9 Å². The summed E-state index contributed by atoms with van der Waals surface area (Å²) in [6.07, 6.45) is 7.06. The fourth-order valence-electron chi connectivity index (χ4n) is 5.47. The van der Waals surface area contributed by atoms with E-state index in [1.807, 2.05) is 24.3 Å². The zero-order chi connectivity index (χ0) is 24.9. The van der Waals surface area contributed by atoms with Gasteiger partial charge >= 0.3 is 6.01 Å². The number of hydrogen-bond acceptors (Lipinski definition) is 8. The summed E-state index contributed by atoms with van der Waals surface area (Å²) in [6.45, 7) is 1.52. The normalized spacial score (nSPS) is 19.0. The highest BCUT2D eigenvalue weighted by atomic mass is 19.1. The maximum Gasteiger partial charge on any atom is 0.324 e. The Hall–Kier alpha value is -4.37. The van der Waals surface area contributed by atoms with E-state index in [2.05, 4.69) is 25.2 Å². The van der Waals surface area contributed by atoms with Gasteiger partial charge in [0.2, 0.25) is 0 Å². The minimum absolute atomic E-state index is 0.0383. The highest BCUT2D eigenvalue weighted by Gasteiger charge is 2.34. The average Bonchev–Trinajstić information content (AvgIpc) is 3.26. The molecule has 2 bridgehead atoms. The summed E-state index contributed by atoms with van der Waals surface area (Å²) in [6, 6.07) is 14.9. The number of pyridine rings is 2. The molecule has 0 amide bonds. The predicted molar refractivity (Wildman–Crippen MR) is 138 cm³/mol. The number of phenolic OH excluding ortho intramolecular Hbond substituents is 1. The van der Waals surface area contributed by atoms with E-state index in [1.165, 1.54) is 6.07 Å². The third-order valence-electron chi connectivity index (χ3n) is 7.12. The van der Waals surface area contributed by atoms with Crippen LogP contribution in [0.3, 0.4) is 0 Å². The molecule has 2 N–H and O–H groups in total. The summed E-state index contributed by atoms with van der Waals surface area (Å²) in [5.41, 5.74) is 0.726. The molecule has 0 saturated carbocycles. The van der Waals surface area contributed by atoms with Crippen molar-refractivity contribution in [1.82, 2.24) is 25.3 Å². The molecule has 5 heterocycles. The van der Waals surface area contributed by atoms with Gasteiger partial charge in [-0.05, 0) is 47.9 Å². The lowest BCUT2D eigenvalue weighted by Crippen LogP contribution is -2.51. The Kier molecular flexibility index (Phi) is 5.10. The molecule has 2 saturated heterocycles. The lowest BCUT2D eigenvalue weighted by atomic mass is 10.0. The van der Waals surface area contributed by atoms with Crippen molar-refractivity contribution in [1.29, 1.82) is 0 Å². The van der Waals surface area contributed by atoms with Crippen LogP contribution in [0, 0.1) is 5.82 Å². The van der Waals surface area contributed by atoms with Gasteiger partial charge in [0.15, 0.2) is 5.82 Å². The van der Waals surface area contributed by atoms with E-state index in [-0.39, 0.29) is 23.0 Å². The van der Waals surface area contributed by atoms with Gasteiger partial charge in [-0.25, -0.2) is 4.39 Å². The van der Waals surface area contributed by atoms with Crippen LogP contribution in [0.1, 0.15) is 12.8 Å². The standard InChI is InChI=1S/C28H23FN6O2/c29-24-25(22-12-19(36)11-16-3-1-2-4-21(16)22)31-13-23-26(24)33-28(37-20-7-9-30-10-8-20)34-27(23)35-14-17-5-6-18(15-35)32-17/h1-4,7-13,17-18,32,36H,5-6,14-15H2. The van der Waals surface area contributed by atoms with E-state index >= 15 is 4.39 Å². The van der Waals surface area contributed by atoms with Crippen molar-refractivity contribution in [3.8, 4) is 28.8 Å². The van der Waals surface area contributed by atoms with Crippen LogP contribution in [0.4, 0.5) is 10.2 Å². The monoisotopic (exact) mass is 494 g/mol. The molecule has 2 atom stereocenters. The summed E-state index contributed by atoms with van der Waals surface area (Å²) in [5, 5.41) is 16.1. The van der Waals surface area contributed by atoms with E-state index in [9.17, 15) is 5.11 Å². The van der Waals surface area contributed by atoms with Crippen molar-refractivity contribution in [2.24, 2.45) is 0 Å². The third kappa shape index (κ3) is 3.88. The first-order valence-electron chi connectivity index (χ1n) is 12.3. The summed E-state index contributed by atoms with van der Waals surface area (Å²) >= 11 is 0. The topological polar surface area (TPSA) is 96.3 Å². The van der Waals surface area contributed by atoms with Crippen LogP contribution in [0.15, 0.2) is 67.1 Å². The Bertz CT molecular complexity index is 1640. The molecule has 0 radical (unpaired) electrons. The van der Waals surface area contributed by atoms with Crippen LogP contribution in [-0.2, 0) is 0 Å². The quantitative estimate of drug-likeness (QED) is 0.367. The number of ether oxygens (including phenoxy) is 1. The average molecular weight is 495 g/mol. The van der Waals surface area contributed by atoms with Crippen molar-refractivity contribution in [2.75, 3.05) is 18.0 Å². The molecule has 7 rings (SSSR count). The maximum atomic E-state index is 16.3. The number of phenols is 1. The highest BCUT2D eigenvalue weighted by Crippen LogP contribution is 2.38. The molecule has 3 aromatic heterocycles. The lowest BCUT2D eigenvalue weighted by molar-refractivity contribution is 0.436. The fourth-order valence-corrected chi connectivity index (χ4v) is 5.47. The lowest BCUT2D eigenvalue weighted by Gasteiger charge is -2.34. The van der Waals surface area contributed by atoms with Crippen molar-refractivity contribution in [3.63, 3.8) is 0 Å². The van der Waals surface area contributed by atoms with E-state index < -0.39 is 5.82 Å². The van der Waals surface area contributed by atoms with E-state index in [0.29, 0.717) is 34.6 Å². The number of halogens is 1. The smallest absolute Gasteiger partial charge is 0.324 e. The minimum Gasteiger partial charge on any atom is -0.508 e. The zero-order valence-electron chi connectivity index (χ0n) is 19.8. The van der Waals surface area contributed by atoms with Crippen LogP contribution in [0.2, 0.25) is 0 Å². The molecular formula is C28H23FN6O2. The molecule has 0 spiro atoms. The van der Waals surface area contributed by atoms with E-state index in [0.717, 1.165) is 36.7 Å². The number of rotatable bonds is 4. The third-order valence-corrected chi connectivity index (χ3v) is 7.12. The number of aromatic nitrogens is 4. The second-order valence-electron chi connectivity index (χ2n) is 9.56. The minimum atomic E-state index is -0.588. The molecule has 2 fully saturated rings. The van der Waals surface area contributed by atoms with Crippen molar-refractivity contribution < 1.29 is 14.2 Å². The Morgan fingerprint density at radius 1 is 0.973 bits per heavy atom. The first kappa shape index (κ1) is 21.9. The summed E-state index contributed by atoms with van der Waals surface area (Å²) in [5.74, 6) is 0.562. The second-order valence-corrected chi connectivity index (χ2v) is 9.56. The van der Waals surface area contributed by atoms with E-state index in [4.69, 9.17) is 9.72 Å². The Morgan fingerprint density at radius 2 is 1.76 bits per heavy atom. The van der Waals surface area contributed by atoms with Crippen LogP contribution >= 0.6 is 0 Å². The second kappa shape index (κ2) is 8.63. The van der Waals surface area contributed by atoms with Gasteiger partial charge in [-0.3, -0.25) is 9.97 Å². The zero-order valence-corrected chi connectivity index (χ0v) is 19.8. The molecule has 9 heteroatoms. The van der Waals surface area contributed by atoms with Gasteiger partial charge in [0.1, 0.15) is 28.5 Å². The van der Waals surface area contributed by atoms with Gasteiger partial charge in [0.25, 0.3) is 0 Å². The highest BCUT2D eigenvalue weighted by molar-refractivity contribution is 5.99. The SMILES string of the molecule is Oc1cc(-c2ncc3c(N4CC5CCC(C4)N5)nc(Oc4ccncc4)nc3c2F)c2ccccc2c1. The molecule has 2 aliphatic heterocycles.